The lowest BCUT2D eigenvalue weighted by Crippen LogP contribution is -2.36. The molecule has 8 heteroatoms. The molecule has 0 aliphatic carbocycles. The van der Waals surface area contributed by atoms with Gasteiger partial charge in [0.1, 0.15) is 11.0 Å². The Morgan fingerprint density at radius 3 is 2.82 bits per heavy atom. The number of carbonyl (C=O) groups excluding carboxylic acids is 1. The lowest BCUT2D eigenvalue weighted by atomic mass is 10.2. The molecule has 0 radical (unpaired) electrons. The average molecular weight is 404 g/mol. The van der Waals surface area contributed by atoms with Crippen LogP contribution >= 0.6 is 11.6 Å². The number of unbranched alkanes of at least 4 members (excludes halogenated alkanes) is 1. The molecule has 0 bridgehead atoms. The molecule has 1 saturated heterocycles. The van der Waals surface area contributed by atoms with E-state index in [1.165, 1.54) is 6.08 Å². The van der Waals surface area contributed by atoms with Crippen molar-refractivity contribution in [3.63, 3.8) is 0 Å². The number of halogens is 1. The summed E-state index contributed by atoms with van der Waals surface area (Å²) in [5.74, 6) is 0.649. The van der Waals surface area contributed by atoms with Crippen LogP contribution in [-0.4, -0.2) is 47.0 Å². The largest absolute Gasteiger partial charge is 0.378 e. The molecule has 150 valence electrons. The number of aryl methyl sites for hydroxylation is 2. The van der Waals surface area contributed by atoms with Gasteiger partial charge in [0.2, 0.25) is 5.91 Å². The Labute approximate surface area is 170 Å². The van der Waals surface area contributed by atoms with Crippen LogP contribution in [-0.2, 0) is 16.1 Å². The zero-order valence-corrected chi connectivity index (χ0v) is 17.1. The maximum absolute atomic E-state index is 12.3. The Hall–Kier alpha value is -2.38. The van der Waals surface area contributed by atoms with E-state index in [0.29, 0.717) is 24.1 Å². The van der Waals surface area contributed by atoms with E-state index in [2.05, 4.69) is 27.2 Å². The number of nitrogens with zero attached hydrogens (tertiary/aromatic N) is 4. The number of amides is 1. The van der Waals surface area contributed by atoms with Crippen molar-refractivity contribution in [3.8, 4) is 0 Å². The summed E-state index contributed by atoms with van der Waals surface area (Å²) in [6.07, 6.45) is 6.92. The minimum absolute atomic E-state index is 0.238. The normalized spacial score (nSPS) is 14.6. The molecule has 0 aromatic carbocycles. The van der Waals surface area contributed by atoms with Crippen molar-refractivity contribution in [1.29, 1.82) is 0 Å². The minimum atomic E-state index is -0.238. The second kappa shape index (κ2) is 9.71. The molecule has 28 heavy (non-hydrogen) atoms. The van der Waals surface area contributed by atoms with Gasteiger partial charge in [-0.1, -0.05) is 24.9 Å². The Kier molecular flexibility index (Phi) is 7.06. The van der Waals surface area contributed by atoms with Gasteiger partial charge in [0.15, 0.2) is 0 Å². The summed E-state index contributed by atoms with van der Waals surface area (Å²) in [7, 11) is 0. The van der Waals surface area contributed by atoms with Crippen molar-refractivity contribution in [2.45, 2.75) is 33.2 Å². The fraction of sp³-hybridized carbons (Fsp3) is 0.450. The lowest BCUT2D eigenvalue weighted by molar-refractivity contribution is -0.111. The highest BCUT2D eigenvalue weighted by Crippen LogP contribution is 2.22. The fourth-order valence-corrected chi connectivity index (χ4v) is 3.32. The molecule has 1 N–H and O–H groups in total. The predicted molar refractivity (Wildman–Crippen MR) is 112 cm³/mol. The number of hydrogen-bond acceptors (Lipinski definition) is 5. The predicted octanol–water partition coefficient (Wildman–Crippen LogP) is 3.53. The van der Waals surface area contributed by atoms with Crippen LogP contribution in [0.4, 0.5) is 11.5 Å². The average Bonchev–Trinajstić information content (AvgIpc) is 2.99. The van der Waals surface area contributed by atoms with E-state index in [9.17, 15) is 4.79 Å². The highest BCUT2D eigenvalue weighted by Gasteiger charge is 2.13. The van der Waals surface area contributed by atoms with Crippen molar-refractivity contribution in [2.75, 3.05) is 36.5 Å². The Bertz CT molecular complexity index is 826. The van der Waals surface area contributed by atoms with Gasteiger partial charge in [0.25, 0.3) is 0 Å². The Morgan fingerprint density at radius 2 is 2.14 bits per heavy atom. The maximum Gasteiger partial charge on any atom is 0.248 e. The van der Waals surface area contributed by atoms with Gasteiger partial charge in [0.05, 0.1) is 30.8 Å². The van der Waals surface area contributed by atoms with E-state index in [0.717, 1.165) is 49.6 Å². The fourth-order valence-electron chi connectivity index (χ4n) is 3.00. The number of anilines is 2. The molecule has 0 unspecified atom stereocenters. The quantitative estimate of drug-likeness (QED) is 0.716. The van der Waals surface area contributed by atoms with E-state index in [-0.39, 0.29) is 5.91 Å². The van der Waals surface area contributed by atoms with Crippen molar-refractivity contribution in [3.05, 3.63) is 40.8 Å². The van der Waals surface area contributed by atoms with Crippen LogP contribution in [0.2, 0.25) is 5.15 Å². The summed E-state index contributed by atoms with van der Waals surface area (Å²) in [5.41, 5.74) is 2.23. The van der Waals surface area contributed by atoms with Crippen molar-refractivity contribution in [1.82, 2.24) is 14.8 Å². The van der Waals surface area contributed by atoms with Crippen molar-refractivity contribution in [2.24, 2.45) is 0 Å². The summed E-state index contributed by atoms with van der Waals surface area (Å²) < 4.78 is 7.13. The highest BCUT2D eigenvalue weighted by atomic mass is 35.5. The van der Waals surface area contributed by atoms with E-state index in [1.807, 2.05) is 19.1 Å². The maximum atomic E-state index is 12.3. The SMILES string of the molecule is CCCCn1nc(C)c(/C=C/C(=O)Nc2ccc(N3CCOCC3)nc2)c1Cl. The van der Waals surface area contributed by atoms with Gasteiger partial charge < -0.3 is 15.0 Å². The third-order valence-corrected chi connectivity index (χ3v) is 4.98. The summed E-state index contributed by atoms with van der Waals surface area (Å²) in [6, 6.07) is 3.76. The third kappa shape index (κ3) is 5.11. The number of rotatable bonds is 7. The van der Waals surface area contributed by atoms with E-state index < -0.39 is 0 Å². The smallest absolute Gasteiger partial charge is 0.248 e. The van der Waals surface area contributed by atoms with E-state index in [4.69, 9.17) is 16.3 Å². The Balaban J connectivity index is 1.60. The van der Waals surface area contributed by atoms with E-state index in [1.54, 1.807) is 17.0 Å². The van der Waals surface area contributed by atoms with Gasteiger partial charge >= 0.3 is 0 Å². The first kappa shape index (κ1) is 20.4. The van der Waals surface area contributed by atoms with Crippen LogP contribution in [0, 0.1) is 6.92 Å². The van der Waals surface area contributed by atoms with Gasteiger partial charge in [-0.05, 0) is 31.6 Å². The first-order valence-corrected chi connectivity index (χ1v) is 9.97. The van der Waals surface area contributed by atoms with Crippen molar-refractivity contribution < 1.29 is 9.53 Å². The second-order valence-corrected chi connectivity index (χ2v) is 7.05. The van der Waals surface area contributed by atoms with Gasteiger partial charge in [-0.2, -0.15) is 5.10 Å². The summed E-state index contributed by atoms with van der Waals surface area (Å²) in [6.45, 7) is 7.86. The van der Waals surface area contributed by atoms with Crippen LogP contribution in [0.1, 0.15) is 31.0 Å². The molecular weight excluding hydrogens is 378 g/mol. The topological polar surface area (TPSA) is 72.3 Å². The molecule has 3 heterocycles. The molecule has 0 saturated carbocycles. The van der Waals surface area contributed by atoms with Gasteiger partial charge in [-0.15, -0.1) is 0 Å². The van der Waals surface area contributed by atoms with Gasteiger partial charge in [-0.25, -0.2) is 4.98 Å². The van der Waals surface area contributed by atoms with Gasteiger partial charge in [-0.3, -0.25) is 9.48 Å². The van der Waals surface area contributed by atoms with Gasteiger partial charge in [0, 0.05) is 31.3 Å². The van der Waals surface area contributed by atoms with E-state index >= 15 is 0 Å². The molecule has 7 nitrogen and oxygen atoms in total. The minimum Gasteiger partial charge on any atom is -0.378 e. The first-order chi connectivity index (χ1) is 13.6. The molecule has 2 aromatic rings. The molecular formula is C20H26ClN5O2. The number of pyridine rings is 1. The summed E-state index contributed by atoms with van der Waals surface area (Å²) in [4.78, 5) is 18.8. The van der Waals surface area contributed by atoms with Crippen LogP contribution in [0.3, 0.4) is 0 Å². The molecule has 3 rings (SSSR count). The lowest BCUT2D eigenvalue weighted by Gasteiger charge is -2.27. The van der Waals surface area contributed by atoms with Crippen molar-refractivity contribution >= 4 is 35.1 Å². The molecule has 1 amide bonds. The van der Waals surface area contributed by atoms with Crippen LogP contribution in [0.15, 0.2) is 24.4 Å². The highest BCUT2D eigenvalue weighted by molar-refractivity contribution is 6.31. The molecule has 1 fully saturated rings. The molecule has 0 spiro atoms. The summed E-state index contributed by atoms with van der Waals surface area (Å²) in [5, 5.41) is 7.82. The molecule has 2 aromatic heterocycles. The third-order valence-electron chi connectivity index (χ3n) is 4.58. The number of hydrogen-bond donors (Lipinski definition) is 1. The second-order valence-electron chi connectivity index (χ2n) is 6.69. The molecule has 1 aliphatic rings. The number of nitrogens with one attached hydrogen (secondary N) is 1. The zero-order chi connectivity index (χ0) is 19.9. The zero-order valence-electron chi connectivity index (χ0n) is 16.3. The number of aromatic nitrogens is 3. The number of ether oxygens (including phenoxy) is 1. The molecule has 1 aliphatic heterocycles. The Morgan fingerprint density at radius 1 is 1.36 bits per heavy atom. The number of morpholine rings is 1. The van der Waals surface area contributed by atoms with Crippen LogP contribution < -0.4 is 10.2 Å². The molecule has 0 atom stereocenters. The van der Waals surface area contributed by atoms with Crippen LogP contribution in [0.5, 0.6) is 0 Å². The standard InChI is InChI=1S/C20H26ClN5O2/c1-3-4-9-26-20(21)17(15(2)24-26)6-8-19(27)23-16-5-7-18(22-14-16)25-10-12-28-13-11-25/h5-8,14H,3-4,9-13H2,1-2H3,(H,23,27)/b8-6+. The van der Waals surface area contributed by atoms with Crippen LogP contribution in [0.25, 0.3) is 6.08 Å². The summed E-state index contributed by atoms with van der Waals surface area (Å²) >= 11 is 6.39. The first-order valence-electron chi connectivity index (χ1n) is 9.59. The monoisotopic (exact) mass is 403 g/mol. The number of carbonyl (C=O) groups is 1.